The molecule has 19 heavy (non-hydrogen) atoms. The highest BCUT2D eigenvalue weighted by molar-refractivity contribution is 5.25. The Morgan fingerprint density at radius 2 is 1.84 bits per heavy atom. The number of hydrogen-bond donors (Lipinski definition) is 1. The summed E-state index contributed by atoms with van der Waals surface area (Å²) >= 11 is 0. The fourth-order valence-corrected chi connectivity index (χ4v) is 2.13. The Bertz CT molecular complexity index is 528. The molecule has 2 aromatic rings. The van der Waals surface area contributed by atoms with E-state index in [0.29, 0.717) is 12.1 Å². The maximum atomic E-state index is 13.1. The molecule has 4 heteroatoms. The molecule has 0 fully saturated rings. The van der Waals surface area contributed by atoms with E-state index >= 15 is 0 Å². The summed E-state index contributed by atoms with van der Waals surface area (Å²) < 4.78 is 14.9. The van der Waals surface area contributed by atoms with Crippen molar-refractivity contribution in [3.63, 3.8) is 0 Å². The van der Waals surface area contributed by atoms with Crippen molar-refractivity contribution >= 4 is 0 Å². The Morgan fingerprint density at radius 1 is 1.21 bits per heavy atom. The quantitative estimate of drug-likeness (QED) is 0.923. The summed E-state index contributed by atoms with van der Waals surface area (Å²) in [5, 5.41) is 11.1. The molecule has 1 aromatic heterocycles. The smallest absolute Gasteiger partial charge is 0.123 e. The molecule has 0 aliphatic carbocycles. The average Bonchev–Trinajstić information content (AvgIpc) is 2.81. The van der Waals surface area contributed by atoms with E-state index in [9.17, 15) is 9.50 Å². The monoisotopic (exact) mass is 262 g/mol. The number of hydrogen-bond acceptors (Lipinski definition) is 2. The number of aromatic nitrogens is 2. The van der Waals surface area contributed by atoms with Gasteiger partial charge in [-0.3, -0.25) is 0 Å². The predicted octanol–water partition coefficient (Wildman–Crippen LogP) is 2.96. The minimum Gasteiger partial charge on any atom is -0.383 e. The van der Waals surface area contributed by atoms with Gasteiger partial charge in [0.2, 0.25) is 0 Å². The molecule has 0 bridgehead atoms. The van der Waals surface area contributed by atoms with Gasteiger partial charge in [0.1, 0.15) is 11.4 Å². The highest BCUT2D eigenvalue weighted by Gasteiger charge is 2.41. The second-order valence-corrected chi connectivity index (χ2v) is 5.85. The summed E-state index contributed by atoms with van der Waals surface area (Å²) in [5.41, 5.74) is -0.786. The van der Waals surface area contributed by atoms with Crippen molar-refractivity contribution in [2.24, 2.45) is 5.41 Å². The lowest BCUT2D eigenvalue weighted by atomic mass is 9.72. The molecule has 1 atom stereocenters. The maximum Gasteiger partial charge on any atom is 0.123 e. The van der Waals surface area contributed by atoms with Gasteiger partial charge in [0.05, 0.1) is 12.9 Å². The van der Waals surface area contributed by atoms with Crippen molar-refractivity contribution in [2.45, 2.75) is 32.9 Å². The van der Waals surface area contributed by atoms with E-state index in [1.54, 1.807) is 30.9 Å². The lowest BCUT2D eigenvalue weighted by Gasteiger charge is -2.41. The van der Waals surface area contributed by atoms with Crippen molar-refractivity contribution in [2.75, 3.05) is 0 Å². The number of imidazole rings is 1. The molecule has 1 aromatic carbocycles. The molecule has 0 aliphatic rings. The van der Waals surface area contributed by atoms with Crippen molar-refractivity contribution in [1.29, 1.82) is 0 Å². The summed E-state index contributed by atoms with van der Waals surface area (Å²) in [6.45, 7) is 6.27. The van der Waals surface area contributed by atoms with Gasteiger partial charge in [-0.2, -0.15) is 0 Å². The summed E-state index contributed by atoms with van der Waals surface area (Å²) in [6, 6.07) is 6.02. The van der Waals surface area contributed by atoms with Gasteiger partial charge in [0.25, 0.3) is 0 Å². The van der Waals surface area contributed by atoms with Gasteiger partial charge in [-0.15, -0.1) is 0 Å². The molecule has 0 saturated carbocycles. The van der Waals surface area contributed by atoms with Crippen LogP contribution in [0.15, 0.2) is 43.0 Å². The fourth-order valence-electron chi connectivity index (χ4n) is 2.13. The molecule has 0 amide bonds. The molecular weight excluding hydrogens is 243 g/mol. The van der Waals surface area contributed by atoms with Gasteiger partial charge in [0.15, 0.2) is 0 Å². The largest absolute Gasteiger partial charge is 0.383 e. The lowest BCUT2D eigenvalue weighted by molar-refractivity contribution is -0.0781. The van der Waals surface area contributed by atoms with E-state index in [0.717, 1.165) is 0 Å². The Balaban J connectivity index is 2.43. The Kier molecular flexibility index (Phi) is 3.45. The Hall–Kier alpha value is -1.68. The number of nitrogens with zero attached hydrogens (tertiary/aromatic N) is 2. The second-order valence-electron chi connectivity index (χ2n) is 5.85. The molecule has 0 saturated heterocycles. The molecular formula is C15H19FN2O. The zero-order valence-corrected chi connectivity index (χ0v) is 11.5. The normalized spacial score (nSPS) is 15.2. The third-order valence-corrected chi connectivity index (χ3v) is 3.53. The van der Waals surface area contributed by atoms with E-state index in [-0.39, 0.29) is 5.82 Å². The predicted molar refractivity (Wildman–Crippen MR) is 72.0 cm³/mol. The second kappa shape index (κ2) is 4.78. The first-order valence-electron chi connectivity index (χ1n) is 6.27. The maximum absolute atomic E-state index is 13.1. The zero-order chi connectivity index (χ0) is 14.1. The summed E-state index contributed by atoms with van der Waals surface area (Å²) in [4.78, 5) is 3.99. The number of aliphatic hydroxyl groups is 1. The third kappa shape index (κ3) is 2.68. The van der Waals surface area contributed by atoms with E-state index < -0.39 is 11.0 Å². The first-order chi connectivity index (χ1) is 8.83. The molecule has 0 spiro atoms. The first-order valence-corrected chi connectivity index (χ1v) is 6.27. The van der Waals surface area contributed by atoms with Gasteiger partial charge >= 0.3 is 0 Å². The average molecular weight is 262 g/mol. The molecule has 1 heterocycles. The van der Waals surface area contributed by atoms with Crippen LogP contribution in [0.4, 0.5) is 4.39 Å². The van der Waals surface area contributed by atoms with Crippen LogP contribution in [-0.2, 0) is 12.1 Å². The molecule has 0 radical (unpaired) electrons. The van der Waals surface area contributed by atoms with Gasteiger partial charge in [-0.05, 0) is 23.1 Å². The molecule has 3 nitrogen and oxygen atoms in total. The highest BCUT2D eigenvalue weighted by Crippen LogP contribution is 2.40. The topological polar surface area (TPSA) is 38.0 Å². The van der Waals surface area contributed by atoms with Crippen molar-refractivity contribution in [3.05, 3.63) is 54.4 Å². The highest BCUT2D eigenvalue weighted by atomic mass is 19.1. The minimum atomic E-state index is -1.10. The van der Waals surface area contributed by atoms with Gasteiger partial charge in [0, 0.05) is 12.4 Å². The van der Waals surface area contributed by atoms with Crippen molar-refractivity contribution in [1.82, 2.24) is 9.55 Å². The first kappa shape index (κ1) is 13.7. The van der Waals surface area contributed by atoms with E-state index in [1.807, 2.05) is 25.3 Å². The molecule has 102 valence electrons. The van der Waals surface area contributed by atoms with E-state index in [2.05, 4.69) is 4.98 Å². The summed E-state index contributed by atoms with van der Waals surface area (Å²) in [6.07, 6.45) is 5.15. The number of rotatable bonds is 3. The molecule has 1 unspecified atom stereocenters. The minimum absolute atomic E-state index is 0.303. The summed E-state index contributed by atoms with van der Waals surface area (Å²) in [5.74, 6) is -0.303. The molecule has 1 N–H and O–H groups in total. The van der Waals surface area contributed by atoms with Crippen LogP contribution in [0.1, 0.15) is 26.3 Å². The Morgan fingerprint density at radius 3 is 2.32 bits per heavy atom. The van der Waals surface area contributed by atoms with Crippen LogP contribution in [0.3, 0.4) is 0 Å². The van der Waals surface area contributed by atoms with Gasteiger partial charge < -0.3 is 9.67 Å². The molecule has 2 rings (SSSR count). The zero-order valence-electron chi connectivity index (χ0n) is 11.5. The van der Waals surface area contributed by atoms with Crippen molar-refractivity contribution in [3.8, 4) is 0 Å². The van der Waals surface area contributed by atoms with Crippen LogP contribution in [0.25, 0.3) is 0 Å². The fraction of sp³-hybridized carbons (Fsp3) is 0.400. The summed E-state index contributed by atoms with van der Waals surface area (Å²) in [7, 11) is 0. The van der Waals surface area contributed by atoms with Crippen LogP contribution >= 0.6 is 0 Å². The lowest BCUT2D eigenvalue weighted by Crippen LogP contribution is -2.43. The van der Waals surface area contributed by atoms with Crippen LogP contribution in [-0.4, -0.2) is 14.7 Å². The van der Waals surface area contributed by atoms with Gasteiger partial charge in [-0.25, -0.2) is 9.37 Å². The van der Waals surface area contributed by atoms with Crippen LogP contribution < -0.4 is 0 Å². The van der Waals surface area contributed by atoms with E-state index in [4.69, 9.17) is 0 Å². The number of halogens is 1. The number of benzene rings is 1. The van der Waals surface area contributed by atoms with E-state index in [1.165, 1.54) is 12.1 Å². The standard InChI is InChI=1S/C15H19FN2O/c1-14(2,3)15(19,10-18-9-8-17-11-18)12-4-6-13(16)7-5-12/h4-9,11,19H,10H2,1-3H3. The van der Waals surface area contributed by atoms with Crippen LogP contribution in [0.5, 0.6) is 0 Å². The SMILES string of the molecule is CC(C)(C)C(O)(Cn1ccnc1)c1ccc(F)cc1. The Labute approximate surface area is 112 Å². The van der Waals surface area contributed by atoms with Crippen molar-refractivity contribution < 1.29 is 9.50 Å². The third-order valence-electron chi connectivity index (χ3n) is 3.53. The van der Waals surface area contributed by atoms with Crippen LogP contribution in [0.2, 0.25) is 0 Å². The molecule has 0 aliphatic heterocycles. The van der Waals surface area contributed by atoms with Crippen LogP contribution in [0, 0.1) is 11.2 Å². The van der Waals surface area contributed by atoms with Gasteiger partial charge in [-0.1, -0.05) is 32.9 Å².